The van der Waals surface area contributed by atoms with Gasteiger partial charge in [-0.1, -0.05) is 176 Å². The molecule has 55 heavy (non-hydrogen) atoms. The lowest BCUT2D eigenvalue weighted by molar-refractivity contribution is 1.30. The van der Waals surface area contributed by atoms with E-state index in [0.29, 0.717) is 0 Å². The molecule has 0 amide bonds. The van der Waals surface area contributed by atoms with Crippen molar-refractivity contribution in [1.82, 2.24) is 0 Å². The molecule has 1 aliphatic heterocycles. The van der Waals surface area contributed by atoms with E-state index in [-0.39, 0.29) is 0 Å². The van der Waals surface area contributed by atoms with Crippen LogP contribution in [0.15, 0.2) is 219 Å². The monoisotopic (exact) mass is 706 g/mol. The molecule has 1 aliphatic rings. The van der Waals surface area contributed by atoms with Gasteiger partial charge in [-0.15, -0.1) is 0 Å². The molecule has 1 heterocycles. The molecular formula is C53H42N2. The smallest absolute Gasteiger partial charge is 0.0540 e. The summed E-state index contributed by atoms with van der Waals surface area (Å²) < 4.78 is 0. The SMILES string of the molecule is C\C=C/C=C\C=C\c1ccc(N(c2ccc(-c3ccc(-c4ccc5c(c4)-c4ccccc4N/C=C/C=C\C=C/5)cc3)cc2)c2cccc3ccccc23)cc1. The van der Waals surface area contributed by atoms with Crippen molar-refractivity contribution in [2.75, 3.05) is 10.2 Å². The first kappa shape index (κ1) is 34.9. The highest BCUT2D eigenvalue weighted by molar-refractivity contribution is 5.99. The van der Waals surface area contributed by atoms with Crippen molar-refractivity contribution in [3.05, 3.63) is 230 Å². The molecule has 0 saturated carbocycles. The average Bonchev–Trinajstić information content (AvgIpc) is 3.28. The van der Waals surface area contributed by atoms with Crippen LogP contribution < -0.4 is 10.2 Å². The summed E-state index contributed by atoms with van der Waals surface area (Å²) >= 11 is 0. The molecule has 7 aromatic rings. The summed E-state index contributed by atoms with van der Waals surface area (Å²) in [6.45, 7) is 2.02. The molecule has 2 nitrogen and oxygen atoms in total. The van der Waals surface area contributed by atoms with Gasteiger partial charge in [0.05, 0.1) is 5.69 Å². The molecule has 0 aromatic heterocycles. The van der Waals surface area contributed by atoms with Gasteiger partial charge in [0.2, 0.25) is 0 Å². The Kier molecular flexibility index (Phi) is 10.6. The number of rotatable bonds is 8. The number of nitrogens with one attached hydrogen (secondary N) is 1. The zero-order chi connectivity index (χ0) is 37.2. The van der Waals surface area contributed by atoms with Crippen LogP contribution in [-0.2, 0) is 0 Å². The minimum atomic E-state index is 1.08. The van der Waals surface area contributed by atoms with Crippen molar-refractivity contribution in [3.8, 4) is 33.4 Å². The Morgan fingerprint density at radius 2 is 1.13 bits per heavy atom. The van der Waals surface area contributed by atoms with Gasteiger partial charge in [0.1, 0.15) is 0 Å². The first-order valence-corrected chi connectivity index (χ1v) is 18.8. The van der Waals surface area contributed by atoms with Gasteiger partial charge in [0.15, 0.2) is 0 Å². The lowest BCUT2D eigenvalue weighted by atomic mass is 9.92. The van der Waals surface area contributed by atoms with Crippen LogP contribution in [0.2, 0.25) is 0 Å². The largest absolute Gasteiger partial charge is 0.361 e. The second-order valence-electron chi connectivity index (χ2n) is 13.4. The Morgan fingerprint density at radius 1 is 0.491 bits per heavy atom. The Bertz CT molecular complexity index is 2590. The van der Waals surface area contributed by atoms with Crippen molar-refractivity contribution in [3.63, 3.8) is 0 Å². The van der Waals surface area contributed by atoms with E-state index < -0.39 is 0 Å². The Morgan fingerprint density at radius 3 is 1.93 bits per heavy atom. The third kappa shape index (κ3) is 7.95. The molecule has 0 bridgehead atoms. The summed E-state index contributed by atoms with van der Waals surface area (Å²) in [6, 6.07) is 57.0. The molecule has 2 heteroatoms. The summed E-state index contributed by atoms with van der Waals surface area (Å²) in [5, 5.41) is 5.89. The second-order valence-corrected chi connectivity index (χ2v) is 13.4. The van der Waals surface area contributed by atoms with Crippen molar-refractivity contribution < 1.29 is 0 Å². The van der Waals surface area contributed by atoms with Gasteiger partial charge < -0.3 is 10.2 Å². The first-order valence-electron chi connectivity index (χ1n) is 18.8. The van der Waals surface area contributed by atoms with E-state index in [1.54, 1.807) is 0 Å². The summed E-state index contributed by atoms with van der Waals surface area (Å²) in [5.74, 6) is 0. The highest BCUT2D eigenvalue weighted by atomic mass is 15.1. The maximum Gasteiger partial charge on any atom is 0.0540 e. The van der Waals surface area contributed by atoms with Crippen molar-refractivity contribution >= 4 is 45.7 Å². The summed E-state index contributed by atoms with van der Waals surface area (Å²) in [6.07, 6.45) is 24.7. The normalized spacial score (nSPS) is 14.3. The minimum absolute atomic E-state index is 1.08. The molecule has 0 unspecified atom stereocenters. The first-order chi connectivity index (χ1) is 27.2. The molecule has 0 spiro atoms. The van der Waals surface area contributed by atoms with Gasteiger partial charge in [-0.3, -0.25) is 0 Å². The van der Waals surface area contributed by atoms with Crippen LogP contribution in [0.3, 0.4) is 0 Å². The van der Waals surface area contributed by atoms with Crippen LogP contribution >= 0.6 is 0 Å². The zero-order valence-electron chi connectivity index (χ0n) is 30.9. The van der Waals surface area contributed by atoms with E-state index in [0.717, 1.165) is 28.3 Å². The van der Waals surface area contributed by atoms with E-state index in [1.165, 1.54) is 49.7 Å². The summed E-state index contributed by atoms with van der Waals surface area (Å²) in [7, 11) is 0. The molecular weight excluding hydrogens is 665 g/mol. The van der Waals surface area contributed by atoms with Gasteiger partial charge >= 0.3 is 0 Å². The number of allylic oxidation sites excluding steroid dienone is 9. The Balaban J connectivity index is 1.10. The zero-order valence-corrected chi connectivity index (χ0v) is 30.9. The number of hydrogen-bond donors (Lipinski definition) is 1. The topological polar surface area (TPSA) is 15.3 Å². The molecule has 0 fully saturated rings. The minimum Gasteiger partial charge on any atom is -0.361 e. The number of benzene rings is 7. The second kappa shape index (κ2) is 16.7. The van der Waals surface area contributed by atoms with Gasteiger partial charge in [-0.25, -0.2) is 0 Å². The molecule has 0 atom stereocenters. The van der Waals surface area contributed by atoms with Gasteiger partial charge in [-0.05, 0) is 99.8 Å². The van der Waals surface area contributed by atoms with Gasteiger partial charge in [-0.2, -0.15) is 0 Å². The maximum absolute atomic E-state index is 3.47. The van der Waals surface area contributed by atoms with Crippen LogP contribution in [0.1, 0.15) is 18.1 Å². The molecule has 0 aliphatic carbocycles. The van der Waals surface area contributed by atoms with E-state index in [4.69, 9.17) is 0 Å². The van der Waals surface area contributed by atoms with Gasteiger partial charge in [0.25, 0.3) is 0 Å². The van der Waals surface area contributed by atoms with E-state index in [1.807, 2.05) is 43.5 Å². The highest BCUT2D eigenvalue weighted by Gasteiger charge is 2.16. The molecule has 264 valence electrons. The standard InChI is InChI=1S/C53H42N2/c1-2-3-4-5-8-16-40-24-34-47(35-25-40)55(53-23-15-19-44-18-10-11-20-49(44)53)48-36-32-42(33-37-48)41-26-28-43(29-27-41)46-31-30-45-17-9-6-7-14-38-54-52-22-13-12-21-50(52)51(45)39-46/h2-39,54H,1H3/b3-2-,5-4-,7-6-,16-8+,17-9-,38-14+. The number of nitrogens with zero attached hydrogens (tertiary/aromatic N) is 1. The molecule has 0 saturated heterocycles. The fraction of sp³-hybridized carbons (Fsp3) is 0.0189. The number of hydrogen-bond acceptors (Lipinski definition) is 2. The van der Waals surface area contributed by atoms with Crippen LogP contribution in [-0.4, -0.2) is 0 Å². The fourth-order valence-electron chi connectivity index (χ4n) is 7.07. The van der Waals surface area contributed by atoms with Crippen molar-refractivity contribution in [1.29, 1.82) is 0 Å². The molecule has 8 rings (SSSR count). The van der Waals surface area contributed by atoms with E-state index in [2.05, 4.69) is 204 Å². The lowest BCUT2D eigenvalue weighted by Crippen LogP contribution is -2.10. The van der Waals surface area contributed by atoms with Crippen LogP contribution in [0.4, 0.5) is 22.7 Å². The van der Waals surface area contributed by atoms with Crippen LogP contribution in [0, 0.1) is 0 Å². The van der Waals surface area contributed by atoms with Crippen molar-refractivity contribution in [2.24, 2.45) is 0 Å². The lowest BCUT2D eigenvalue weighted by Gasteiger charge is -2.27. The number of para-hydroxylation sites is 1. The Labute approximate surface area is 324 Å². The number of anilines is 4. The van der Waals surface area contributed by atoms with Gasteiger partial charge in [0, 0.05) is 34.2 Å². The predicted molar refractivity (Wildman–Crippen MR) is 239 cm³/mol. The van der Waals surface area contributed by atoms with E-state index in [9.17, 15) is 0 Å². The third-order valence-corrected chi connectivity index (χ3v) is 9.87. The highest BCUT2D eigenvalue weighted by Crippen LogP contribution is 2.40. The van der Waals surface area contributed by atoms with Crippen LogP contribution in [0.5, 0.6) is 0 Å². The molecule has 7 aromatic carbocycles. The predicted octanol–water partition coefficient (Wildman–Crippen LogP) is 15.0. The molecule has 0 radical (unpaired) electrons. The van der Waals surface area contributed by atoms with Crippen LogP contribution in [0.25, 0.3) is 56.3 Å². The Hall–Kier alpha value is -7.16. The number of fused-ring (bicyclic) bond motifs is 4. The summed E-state index contributed by atoms with van der Waals surface area (Å²) in [4.78, 5) is 2.36. The average molecular weight is 707 g/mol. The maximum atomic E-state index is 3.47. The summed E-state index contributed by atoms with van der Waals surface area (Å²) in [5.41, 5.74) is 13.9. The van der Waals surface area contributed by atoms with Crippen molar-refractivity contribution in [2.45, 2.75) is 6.92 Å². The third-order valence-electron chi connectivity index (χ3n) is 9.87. The molecule has 1 N–H and O–H groups in total. The van der Waals surface area contributed by atoms with E-state index >= 15 is 0 Å². The quantitative estimate of drug-likeness (QED) is 0.158. The fourth-order valence-corrected chi connectivity index (χ4v) is 7.07.